The maximum Gasteiger partial charge on any atom is 0.0624 e. The molecule has 0 bridgehead atoms. The molecule has 1 atom stereocenters. The lowest BCUT2D eigenvalue weighted by Gasteiger charge is -2.39. The van der Waals surface area contributed by atoms with Gasteiger partial charge in [-0.2, -0.15) is 0 Å². The van der Waals surface area contributed by atoms with Gasteiger partial charge in [0.15, 0.2) is 0 Å². The van der Waals surface area contributed by atoms with Crippen molar-refractivity contribution in [3.8, 4) is 0 Å². The number of benzene rings is 1. The van der Waals surface area contributed by atoms with E-state index in [0.29, 0.717) is 16.0 Å². The zero-order chi connectivity index (χ0) is 15.5. The van der Waals surface area contributed by atoms with E-state index < -0.39 is 0 Å². The van der Waals surface area contributed by atoms with E-state index in [9.17, 15) is 0 Å². The van der Waals surface area contributed by atoms with Crippen LogP contribution in [0.4, 0.5) is 0 Å². The monoisotopic (exact) mass is 328 g/mol. The molecule has 1 aliphatic rings. The highest BCUT2D eigenvalue weighted by molar-refractivity contribution is 6.42. The van der Waals surface area contributed by atoms with E-state index in [1.807, 2.05) is 12.1 Å². The van der Waals surface area contributed by atoms with Crippen molar-refractivity contribution in [1.29, 1.82) is 0 Å². The highest BCUT2D eigenvalue weighted by Crippen LogP contribution is 2.47. The average Bonchev–Trinajstić information content (AvgIpc) is 2.89. The van der Waals surface area contributed by atoms with Crippen LogP contribution in [0, 0.1) is 11.3 Å². The van der Waals surface area contributed by atoms with Gasteiger partial charge < -0.3 is 0 Å². The second-order valence-corrected chi connectivity index (χ2v) is 7.59. The molecule has 1 aromatic carbocycles. The molecule has 1 aliphatic carbocycles. The lowest BCUT2D eigenvalue weighted by molar-refractivity contribution is 0.154. The first kappa shape index (κ1) is 17.1. The predicted octanol–water partition coefficient (Wildman–Crippen LogP) is 4.97. The summed E-state index contributed by atoms with van der Waals surface area (Å²) in [6.07, 6.45) is 7.14. The zero-order valence-electron chi connectivity index (χ0n) is 13.0. The fraction of sp³-hybridized carbons (Fsp3) is 0.647. The van der Waals surface area contributed by atoms with E-state index in [-0.39, 0.29) is 11.5 Å². The molecule has 2 rings (SSSR count). The van der Waals surface area contributed by atoms with Gasteiger partial charge >= 0.3 is 0 Å². The summed E-state index contributed by atoms with van der Waals surface area (Å²) in [6.45, 7) is 4.58. The van der Waals surface area contributed by atoms with E-state index in [0.717, 1.165) is 12.0 Å². The number of nitrogens with two attached hydrogens (primary N) is 1. The van der Waals surface area contributed by atoms with Crippen molar-refractivity contribution in [3.05, 3.63) is 33.8 Å². The van der Waals surface area contributed by atoms with Gasteiger partial charge in [-0.05, 0) is 48.6 Å². The van der Waals surface area contributed by atoms with Gasteiger partial charge in [-0.25, -0.2) is 0 Å². The van der Waals surface area contributed by atoms with Crippen molar-refractivity contribution in [1.82, 2.24) is 5.43 Å². The minimum absolute atomic E-state index is 0.248. The largest absolute Gasteiger partial charge is 0.271 e. The van der Waals surface area contributed by atoms with E-state index >= 15 is 0 Å². The van der Waals surface area contributed by atoms with Crippen molar-refractivity contribution in [2.24, 2.45) is 17.2 Å². The second kappa shape index (κ2) is 7.32. The number of hydrazine groups is 1. The molecule has 1 fully saturated rings. The van der Waals surface area contributed by atoms with Crippen LogP contribution in [0.2, 0.25) is 10.0 Å². The maximum atomic E-state index is 6.35. The molecular weight excluding hydrogens is 303 g/mol. The van der Waals surface area contributed by atoms with Crippen LogP contribution in [0.15, 0.2) is 18.2 Å². The van der Waals surface area contributed by atoms with E-state index in [1.165, 1.54) is 32.1 Å². The Kier molecular flexibility index (Phi) is 5.96. The molecule has 1 unspecified atom stereocenters. The average molecular weight is 329 g/mol. The summed E-state index contributed by atoms with van der Waals surface area (Å²) in [4.78, 5) is 0. The van der Waals surface area contributed by atoms with Gasteiger partial charge in [0.25, 0.3) is 0 Å². The number of halogens is 2. The quantitative estimate of drug-likeness (QED) is 0.571. The van der Waals surface area contributed by atoms with E-state index in [2.05, 4.69) is 25.3 Å². The molecule has 3 N–H and O–H groups in total. The van der Waals surface area contributed by atoms with Crippen molar-refractivity contribution >= 4 is 23.2 Å². The molecule has 21 heavy (non-hydrogen) atoms. The molecule has 118 valence electrons. The number of rotatable bonds is 6. The lowest BCUT2D eigenvalue weighted by Crippen LogP contribution is -2.49. The first-order valence-electron chi connectivity index (χ1n) is 7.87. The predicted molar refractivity (Wildman–Crippen MR) is 91.6 cm³/mol. The van der Waals surface area contributed by atoms with Gasteiger partial charge in [0.05, 0.1) is 10.0 Å². The van der Waals surface area contributed by atoms with Crippen molar-refractivity contribution in [2.75, 3.05) is 0 Å². The summed E-state index contributed by atoms with van der Waals surface area (Å²) in [5, 5.41) is 1.28. The van der Waals surface area contributed by atoms with Gasteiger partial charge in [-0.1, -0.05) is 62.0 Å². The fourth-order valence-corrected chi connectivity index (χ4v) is 4.36. The summed E-state index contributed by atoms with van der Waals surface area (Å²) in [6, 6.07) is 6.09. The van der Waals surface area contributed by atoms with Crippen molar-refractivity contribution in [2.45, 2.75) is 58.4 Å². The van der Waals surface area contributed by atoms with Crippen molar-refractivity contribution in [3.63, 3.8) is 0 Å². The van der Waals surface area contributed by atoms with Gasteiger partial charge in [-0.15, -0.1) is 0 Å². The summed E-state index contributed by atoms with van der Waals surface area (Å²) < 4.78 is 0. The number of nitrogens with one attached hydrogen (secondary N) is 1. The third-order valence-corrected chi connectivity index (χ3v) is 5.67. The van der Waals surface area contributed by atoms with Crippen LogP contribution in [-0.2, 0) is 6.42 Å². The van der Waals surface area contributed by atoms with Gasteiger partial charge in [0.1, 0.15) is 0 Å². The Morgan fingerprint density at radius 1 is 1.24 bits per heavy atom. The Hall–Kier alpha value is -0.280. The van der Waals surface area contributed by atoms with E-state index in [1.54, 1.807) is 0 Å². The molecule has 0 amide bonds. The van der Waals surface area contributed by atoms with Crippen LogP contribution in [-0.4, -0.2) is 6.04 Å². The highest BCUT2D eigenvalue weighted by Gasteiger charge is 2.41. The third kappa shape index (κ3) is 3.92. The number of hydrogen-bond donors (Lipinski definition) is 2. The third-order valence-electron chi connectivity index (χ3n) is 4.81. The lowest BCUT2D eigenvalue weighted by atomic mass is 9.71. The molecule has 2 nitrogen and oxygen atoms in total. The van der Waals surface area contributed by atoms with Crippen LogP contribution >= 0.6 is 23.2 Å². The molecule has 0 radical (unpaired) electrons. The highest BCUT2D eigenvalue weighted by atomic mass is 35.5. The summed E-state index contributed by atoms with van der Waals surface area (Å²) in [7, 11) is 0. The number of hydrogen-bond acceptors (Lipinski definition) is 2. The Balaban J connectivity index is 2.23. The Bertz CT molecular complexity index is 468. The maximum absolute atomic E-state index is 6.35. The topological polar surface area (TPSA) is 38.0 Å². The van der Waals surface area contributed by atoms with Crippen LogP contribution in [0.1, 0.15) is 51.5 Å². The van der Waals surface area contributed by atoms with E-state index in [4.69, 9.17) is 29.0 Å². The Labute approximate surface area is 138 Å². The minimum Gasteiger partial charge on any atom is -0.271 e. The molecule has 0 saturated heterocycles. The molecule has 0 aromatic heterocycles. The molecule has 1 saturated carbocycles. The Morgan fingerprint density at radius 3 is 2.48 bits per heavy atom. The van der Waals surface area contributed by atoms with Gasteiger partial charge in [0, 0.05) is 6.04 Å². The summed E-state index contributed by atoms with van der Waals surface area (Å²) in [5.41, 5.74) is 4.46. The fourth-order valence-electron chi connectivity index (χ4n) is 3.97. The normalized spacial score (nSPS) is 19.1. The molecule has 0 aliphatic heterocycles. The Morgan fingerprint density at radius 2 is 1.90 bits per heavy atom. The zero-order valence-corrected chi connectivity index (χ0v) is 14.5. The molecule has 1 aromatic rings. The first-order chi connectivity index (χ1) is 9.98. The van der Waals surface area contributed by atoms with Crippen LogP contribution in [0.5, 0.6) is 0 Å². The van der Waals surface area contributed by atoms with Crippen molar-refractivity contribution < 1.29 is 0 Å². The summed E-state index contributed by atoms with van der Waals surface area (Å²) in [5.74, 6) is 6.60. The first-order valence-corrected chi connectivity index (χ1v) is 8.63. The minimum atomic E-state index is 0.248. The molecule has 0 heterocycles. The standard InChI is InChI=1S/C17H26Cl2N2/c1-12(2)11-17(8-3-4-9-17)15(21-20)10-13-6-5-7-14(18)16(13)19/h5-7,12,15,21H,3-4,8-11,20H2,1-2H3. The molecular formula is C17H26Cl2N2. The van der Waals surface area contributed by atoms with Crippen LogP contribution in [0.25, 0.3) is 0 Å². The molecule has 4 heteroatoms. The van der Waals surface area contributed by atoms with Gasteiger partial charge in [0.2, 0.25) is 0 Å². The molecule has 0 spiro atoms. The smallest absolute Gasteiger partial charge is 0.0624 e. The van der Waals surface area contributed by atoms with Crippen LogP contribution in [0.3, 0.4) is 0 Å². The van der Waals surface area contributed by atoms with Crippen LogP contribution < -0.4 is 11.3 Å². The second-order valence-electron chi connectivity index (χ2n) is 6.80. The van der Waals surface area contributed by atoms with Gasteiger partial charge in [-0.3, -0.25) is 11.3 Å². The SMILES string of the molecule is CC(C)CC1(C(Cc2cccc(Cl)c2Cl)NN)CCCC1. The summed E-state index contributed by atoms with van der Waals surface area (Å²) >= 11 is 12.5.